The Hall–Kier alpha value is -2.47. The number of hydrogen-bond donors (Lipinski definition) is 1. The van der Waals surface area contributed by atoms with Gasteiger partial charge in [-0.1, -0.05) is 29.8 Å². The Morgan fingerprint density at radius 2 is 1.83 bits per heavy atom. The summed E-state index contributed by atoms with van der Waals surface area (Å²) < 4.78 is 32.4. The minimum Gasteiger partial charge on any atom is -0.482 e. The molecule has 23 heavy (non-hydrogen) atoms. The van der Waals surface area contributed by atoms with Crippen molar-refractivity contribution in [2.75, 3.05) is 6.61 Å². The second-order valence-electron chi connectivity index (χ2n) is 4.55. The predicted octanol–water partition coefficient (Wildman–Crippen LogP) is 3.54. The van der Waals surface area contributed by atoms with Crippen molar-refractivity contribution in [1.82, 2.24) is 5.43 Å². The highest BCUT2D eigenvalue weighted by Gasteiger charge is 2.12. The van der Waals surface area contributed by atoms with E-state index in [1.54, 1.807) is 24.3 Å². The second-order valence-corrected chi connectivity index (χ2v) is 4.96. The number of carbonyl (C=O) groups is 1. The SMILES string of the molecule is C/C(=N/NC(=O)COc1ccccc1Cl)c1c(F)cccc1F. The smallest absolute Gasteiger partial charge is 0.277 e. The average molecular weight is 339 g/mol. The highest BCUT2D eigenvalue weighted by atomic mass is 35.5. The largest absolute Gasteiger partial charge is 0.482 e. The Morgan fingerprint density at radius 1 is 1.17 bits per heavy atom. The van der Waals surface area contributed by atoms with E-state index in [2.05, 4.69) is 10.5 Å². The Balaban J connectivity index is 1.97. The minimum atomic E-state index is -0.757. The van der Waals surface area contributed by atoms with Crippen LogP contribution in [-0.4, -0.2) is 18.2 Å². The van der Waals surface area contributed by atoms with Crippen LogP contribution in [-0.2, 0) is 4.79 Å². The van der Waals surface area contributed by atoms with Crippen LogP contribution in [0.4, 0.5) is 8.78 Å². The summed E-state index contributed by atoms with van der Waals surface area (Å²) >= 11 is 5.88. The van der Waals surface area contributed by atoms with Crippen LogP contribution in [0, 0.1) is 11.6 Å². The lowest BCUT2D eigenvalue weighted by Gasteiger charge is -2.07. The molecule has 0 radical (unpaired) electrons. The second kappa shape index (κ2) is 7.69. The summed E-state index contributed by atoms with van der Waals surface area (Å²) in [5, 5.41) is 4.04. The number of benzene rings is 2. The molecule has 0 heterocycles. The first kappa shape index (κ1) is 16.9. The molecule has 2 rings (SSSR count). The summed E-state index contributed by atoms with van der Waals surface area (Å²) in [5.41, 5.74) is 1.89. The molecule has 0 aliphatic rings. The van der Waals surface area contributed by atoms with Gasteiger partial charge in [0.25, 0.3) is 5.91 Å². The zero-order chi connectivity index (χ0) is 16.8. The van der Waals surface area contributed by atoms with Crippen molar-refractivity contribution in [2.24, 2.45) is 5.10 Å². The lowest BCUT2D eigenvalue weighted by atomic mass is 10.1. The molecule has 4 nitrogen and oxygen atoms in total. The molecule has 0 aliphatic heterocycles. The topological polar surface area (TPSA) is 50.7 Å². The van der Waals surface area contributed by atoms with E-state index in [1.807, 2.05) is 0 Å². The number of hydrazone groups is 1. The maximum Gasteiger partial charge on any atom is 0.277 e. The van der Waals surface area contributed by atoms with Gasteiger partial charge >= 0.3 is 0 Å². The molecule has 0 atom stereocenters. The summed E-state index contributed by atoms with van der Waals surface area (Å²) in [6.45, 7) is 1.05. The summed E-state index contributed by atoms with van der Waals surface area (Å²) in [7, 11) is 0. The lowest BCUT2D eigenvalue weighted by molar-refractivity contribution is -0.123. The number of carbonyl (C=O) groups excluding carboxylic acids is 1. The van der Waals surface area contributed by atoms with Crippen molar-refractivity contribution >= 4 is 23.2 Å². The van der Waals surface area contributed by atoms with Crippen LogP contribution >= 0.6 is 11.6 Å². The summed E-state index contributed by atoms with van der Waals surface area (Å²) in [4.78, 5) is 11.7. The van der Waals surface area contributed by atoms with Gasteiger partial charge in [-0.05, 0) is 31.2 Å². The van der Waals surface area contributed by atoms with Crippen LogP contribution in [0.3, 0.4) is 0 Å². The fourth-order valence-electron chi connectivity index (χ4n) is 1.78. The van der Waals surface area contributed by atoms with Crippen LogP contribution in [0.25, 0.3) is 0 Å². The van der Waals surface area contributed by atoms with Crippen molar-refractivity contribution in [3.63, 3.8) is 0 Å². The van der Waals surface area contributed by atoms with Gasteiger partial charge < -0.3 is 4.74 Å². The van der Waals surface area contributed by atoms with Gasteiger partial charge in [0.2, 0.25) is 0 Å². The summed E-state index contributed by atoms with van der Waals surface area (Å²) in [6, 6.07) is 10.1. The van der Waals surface area contributed by atoms with Gasteiger partial charge in [-0.2, -0.15) is 5.10 Å². The van der Waals surface area contributed by atoms with Crippen molar-refractivity contribution in [1.29, 1.82) is 0 Å². The number of halogens is 3. The molecule has 120 valence electrons. The summed E-state index contributed by atoms with van der Waals surface area (Å²) in [6.07, 6.45) is 0. The molecule has 2 aromatic rings. The van der Waals surface area contributed by atoms with E-state index >= 15 is 0 Å². The lowest BCUT2D eigenvalue weighted by Crippen LogP contribution is -2.26. The zero-order valence-corrected chi connectivity index (χ0v) is 12.9. The van der Waals surface area contributed by atoms with Crippen LogP contribution in [0.15, 0.2) is 47.6 Å². The third-order valence-corrected chi connectivity index (χ3v) is 3.18. The van der Waals surface area contributed by atoms with Gasteiger partial charge in [0.1, 0.15) is 17.4 Å². The molecular weight excluding hydrogens is 326 g/mol. The first-order chi connectivity index (χ1) is 11.0. The number of amides is 1. The van der Waals surface area contributed by atoms with Crippen LogP contribution in [0.1, 0.15) is 12.5 Å². The molecular formula is C16H13ClF2N2O2. The molecule has 1 amide bonds. The van der Waals surface area contributed by atoms with Crippen LogP contribution in [0.5, 0.6) is 5.75 Å². The molecule has 0 spiro atoms. The Kier molecular flexibility index (Phi) is 5.65. The third kappa shape index (κ3) is 4.50. The van der Waals surface area contributed by atoms with Gasteiger partial charge in [0.15, 0.2) is 6.61 Å². The predicted molar refractivity (Wildman–Crippen MR) is 83.7 cm³/mol. The summed E-state index contributed by atoms with van der Waals surface area (Å²) in [5.74, 6) is -1.74. The van der Waals surface area contributed by atoms with Crippen LogP contribution in [0.2, 0.25) is 5.02 Å². The molecule has 0 saturated heterocycles. The van der Waals surface area contributed by atoms with Gasteiger partial charge in [0, 0.05) is 0 Å². The van der Waals surface area contributed by atoms with E-state index in [9.17, 15) is 13.6 Å². The van der Waals surface area contributed by atoms with E-state index in [-0.39, 0.29) is 17.9 Å². The zero-order valence-electron chi connectivity index (χ0n) is 12.1. The highest BCUT2D eigenvalue weighted by molar-refractivity contribution is 6.32. The molecule has 0 aromatic heterocycles. The standard InChI is InChI=1S/C16H13ClF2N2O2/c1-10(16-12(18)6-4-7-13(16)19)20-21-15(22)9-23-14-8-3-2-5-11(14)17/h2-8H,9H2,1H3,(H,21,22)/b20-10-. The molecule has 0 bridgehead atoms. The number of ether oxygens (including phenoxy) is 1. The van der Waals surface area contributed by atoms with Crippen LogP contribution < -0.4 is 10.2 Å². The van der Waals surface area contributed by atoms with Crippen molar-refractivity contribution in [3.8, 4) is 5.75 Å². The first-order valence-electron chi connectivity index (χ1n) is 6.64. The van der Waals surface area contributed by atoms with Crippen molar-refractivity contribution in [3.05, 3.63) is 64.7 Å². The maximum absolute atomic E-state index is 13.6. The normalized spacial score (nSPS) is 11.2. The Morgan fingerprint density at radius 3 is 2.48 bits per heavy atom. The van der Waals surface area contributed by atoms with Gasteiger partial charge in [-0.3, -0.25) is 4.79 Å². The highest BCUT2D eigenvalue weighted by Crippen LogP contribution is 2.22. The fraction of sp³-hybridized carbons (Fsp3) is 0.125. The first-order valence-corrected chi connectivity index (χ1v) is 7.01. The van der Waals surface area contributed by atoms with Gasteiger partial charge in [0.05, 0.1) is 16.3 Å². The number of hydrogen-bond acceptors (Lipinski definition) is 3. The number of rotatable bonds is 5. The van der Waals surface area contributed by atoms with E-state index in [4.69, 9.17) is 16.3 Å². The maximum atomic E-state index is 13.6. The van der Waals surface area contributed by atoms with Gasteiger partial charge in [-0.15, -0.1) is 0 Å². The van der Waals surface area contributed by atoms with E-state index < -0.39 is 17.5 Å². The molecule has 0 unspecified atom stereocenters. The Bertz CT molecular complexity index is 730. The quantitative estimate of drug-likeness (QED) is 0.669. The van der Waals surface area contributed by atoms with E-state index in [0.29, 0.717) is 10.8 Å². The number of nitrogens with one attached hydrogen (secondary N) is 1. The molecule has 2 aromatic carbocycles. The third-order valence-electron chi connectivity index (χ3n) is 2.87. The molecule has 0 saturated carbocycles. The monoisotopic (exact) mass is 338 g/mol. The molecule has 0 aliphatic carbocycles. The molecule has 7 heteroatoms. The fourth-order valence-corrected chi connectivity index (χ4v) is 1.97. The number of para-hydroxylation sites is 1. The average Bonchev–Trinajstić information content (AvgIpc) is 2.52. The Labute approximate surface area is 136 Å². The van der Waals surface area contributed by atoms with Gasteiger partial charge in [-0.25, -0.2) is 14.2 Å². The number of nitrogens with zero attached hydrogens (tertiary/aromatic N) is 1. The van der Waals surface area contributed by atoms with Crippen molar-refractivity contribution in [2.45, 2.75) is 6.92 Å². The van der Waals surface area contributed by atoms with E-state index in [0.717, 1.165) is 12.1 Å². The van der Waals surface area contributed by atoms with Crippen molar-refractivity contribution < 1.29 is 18.3 Å². The molecule has 0 fully saturated rings. The van der Waals surface area contributed by atoms with E-state index in [1.165, 1.54) is 13.0 Å². The molecule has 1 N–H and O–H groups in total. The minimum absolute atomic E-state index is 0.00620.